The number of hydrogen-bond donors (Lipinski definition) is 2. The first-order valence-electron chi connectivity index (χ1n) is 5.19. The number of aromatic nitrogens is 2. The average molecular weight is 226 g/mol. The van der Waals surface area contributed by atoms with E-state index >= 15 is 0 Å². The van der Waals surface area contributed by atoms with Crippen LogP contribution >= 0.6 is 0 Å². The lowest BCUT2D eigenvalue weighted by molar-refractivity contribution is -0.388. The minimum absolute atomic E-state index is 0.0956. The molecule has 0 radical (unpaired) electrons. The predicted molar refractivity (Wildman–Crippen MR) is 57.3 cm³/mol. The van der Waals surface area contributed by atoms with Gasteiger partial charge in [-0.05, 0) is 24.2 Å². The fourth-order valence-corrected chi connectivity index (χ4v) is 2.10. The molecule has 1 aliphatic rings. The van der Waals surface area contributed by atoms with Crippen LogP contribution in [0.25, 0.3) is 0 Å². The maximum atomic E-state index is 10.7. The van der Waals surface area contributed by atoms with E-state index in [-0.39, 0.29) is 18.0 Å². The van der Waals surface area contributed by atoms with Crippen molar-refractivity contribution in [2.24, 2.45) is 0 Å². The minimum Gasteiger partial charge on any atom is -0.379 e. The molecule has 7 heteroatoms. The number of ether oxygens (including phenoxy) is 1. The van der Waals surface area contributed by atoms with Crippen LogP contribution in [0.3, 0.4) is 0 Å². The Labute approximate surface area is 92.3 Å². The SMILES string of the molecule is COC1CCCC1Nc1cn[nH]c1[N+](=O)[O-]. The molecule has 1 aliphatic carbocycles. The second-order valence-corrected chi connectivity index (χ2v) is 3.85. The lowest BCUT2D eigenvalue weighted by Gasteiger charge is -2.19. The highest BCUT2D eigenvalue weighted by Gasteiger charge is 2.29. The third-order valence-electron chi connectivity index (χ3n) is 2.90. The van der Waals surface area contributed by atoms with Crippen molar-refractivity contribution < 1.29 is 9.66 Å². The van der Waals surface area contributed by atoms with Crippen molar-refractivity contribution in [2.75, 3.05) is 12.4 Å². The molecule has 88 valence electrons. The van der Waals surface area contributed by atoms with Crippen molar-refractivity contribution in [1.29, 1.82) is 0 Å². The van der Waals surface area contributed by atoms with Gasteiger partial charge in [0, 0.05) is 7.11 Å². The van der Waals surface area contributed by atoms with Crippen LogP contribution in [0.4, 0.5) is 11.5 Å². The number of H-pyrrole nitrogens is 1. The summed E-state index contributed by atoms with van der Waals surface area (Å²) in [6.07, 6.45) is 4.57. The van der Waals surface area contributed by atoms with Crippen molar-refractivity contribution >= 4 is 11.5 Å². The van der Waals surface area contributed by atoms with Crippen LogP contribution in [-0.4, -0.2) is 34.4 Å². The number of rotatable bonds is 4. The molecule has 0 aliphatic heterocycles. The van der Waals surface area contributed by atoms with Gasteiger partial charge in [-0.1, -0.05) is 5.10 Å². The lowest BCUT2D eigenvalue weighted by atomic mass is 10.2. The van der Waals surface area contributed by atoms with Crippen LogP contribution in [0.5, 0.6) is 0 Å². The summed E-state index contributed by atoms with van der Waals surface area (Å²) in [6.45, 7) is 0. The van der Waals surface area contributed by atoms with E-state index < -0.39 is 4.92 Å². The van der Waals surface area contributed by atoms with Crippen LogP contribution in [0.2, 0.25) is 0 Å². The molecule has 7 nitrogen and oxygen atoms in total. The van der Waals surface area contributed by atoms with E-state index in [2.05, 4.69) is 15.5 Å². The fraction of sp³-hybridized carbons (Fsp3) is 0.667. The Hall–Kier alpha value is -1.63. The molecular weight excluding hydrogens is 212 g/mol. The average Bonchev–Trinajstić information content (AvgIpc) is 2.86. The number of nitrogens with one attached hydrogen (secondary N) is 2. The van der Waals surface area contributed by atoms with Gasteiger partial charge in [0.2, 0.25) is 0 Å². The second kappa shape index (κ2) is 4.48. The molecule has 2 unspecified atom stereocenters. The number of nitrogens with zero attached hydrogens (tertiary/aromatic N) is 2. The first kappa shape index (κ1) is 10.9. The Morgan fingerprint density at radius 2 is 2.50 bits per heavy atom. The van der Waals surface area contributed by atoms with Crippen LogP contribution in [0.1, 0.15) is 19.3 Å². The molecule has 1 aromatic heterocycles. The largest absolute Gasteiger partial charge is 0.379 e. The highest BCUT2D eigenvalue weighted by molar-refractivity contribution is 5.56. The van der Waals surface area contributed by atoms with Gasteiger partial charge in [0.05, 0.1) is 12.1 Å². The zero-order chi connectivity index (χ0) is 11.5. The number of nitro groups is 1. The van der Waals surface area contributed by atoms with Gasteiger partial charge in [-0.2, -0.15) is 0 Å². The summed E-state index contributed by atoms with van der Waals surface area (Å²) in [6, 6.07) is 0.126. The molecule has 16 heavy (non-hydrogen) atoms. The Balaban J connectivity index is 2.08. The van der Waals surface area contributed by atoms with E-state index in [4.69, 9.17) is 4.74 Å². The van der Waals surface area contributed by atoms with Gasteiger partial charge in [0.1, 0.15) is 6.20 Å². The number of anilines is 1. The zero-order valence-electron chi connectivity index (χ0n) is 8.97. The molecule has 0 saturated heterocycles. The number of aromatic amines is 1. The molecule has 2 rings (SSSR count). The summed E-state index contributed by atoms with van der Waals surface area (Å²) < 4.78 is 5.31. The number of methoxy groups -OCH3 is 1. The van der Waals surface area contributed by atoms with Crippen LogP contribution in [-0.2, 0) is 4.74 Å². The maximum Gasteiger partial charge on any atom is 0.366 e. The first-order chi connectivity index (χ1) is 7.72. The van der Waals surface area contributed by atoms with Crippen LogP contribution < -0.4 is 5.32 Å². The molecule has 1 heterocycles. The van der Waals surface area contributed by atoms with E-state index in [0.29, 0.717) is 5.69 Å². The lowest BCUT2D eigenvalue weighted by Crippen LogP contribution is -2.29. The Morgan fingerprint density at radius 1 is 1.69 bits per heavy atom. The van der Waals surface area contributed by atoms with Gasteiger partial charge >= 0.3 is 5.82 Å². The molecule has 0 spiro atoms. The van der Waals surface area contributed by atoms with E-state index in [1.807, 2.05) is 0 Å². The molecule has 1 aromatic rings. The molecule has 1 fully saturated rings. The van der Waals surface area contributed by atoms with Gasteiger partial charge in [-0.25, -0.2) is 0 Å². The predicted octanol–water partition coefficient (Wildman–Crippen LogP) is 1.30. The second-order valence-electron chi connectivity index (χ2n) is 3.85. The maximum absolute atomic E-state index is 10.7. The highest BCUT2D eigenvalue weighted by Crippen LogP contribution is 2.28. The Bertz CT molecular complexity index is 379. The third kappa shape index (κ3) is 1.99. The Morgan fingerprint density at radius 3 is 3.19 bits per heavy atom. The molecule has 2 N–H and O–H groups in total. The standard InChI is InChI=1S/C9H14N4O3/c1-16-8-4-2-3-6(8)11-7-5-10-12-9(7)13(14)15/h5-6,8,11H,2-4H2,1H3,(H,10,12). The van der Waals surface area contributed by atoms with Crippen molar-refractivity contribution in [3.05, 3.63) is 16.3 Å². The summed E-state index contributed by atoms with van der Waals surface area (Å²) in [5, 5.41) is 19.8. The molecule has 1 saturated carbocycles. The molecule has 0 amide bonds. The van der Waals surface area contributed by atoms with E-state index in [9.17, 15) is 10.1 Å². The van der Waals surface area contributed by atoms with Crippen molar-refractivity contribution in [3.8, 4) is 0 Å². The normalized spacial score (nSPS) is 24.6. The van der Waals surface area contributed by atoms with Gasteiger partial charge in [-0.15, -0.1) is 5.10 Å². The van der Waals surface area contributed by atoms with Crippen LogP contribution in [0.15, 0.2) is 6.20 Å². The summed E-state index contributed by atoms with van der Waals surface area (Å²) >= 11 is 0. The fourth-order valence-electron chi connectivity index (χ4n) is 2.10. The highest BCUT2D eigenvalue weighted by atomic mass is 16.6. The van der Waals surface area contributed by atoms with Gasteiger partial charge < -0.3 is 20.2 Å². The quantitative estimate of drug-likeness (QED) is 0.596. The van der Waals surface area contributed by atoms with Gasteiger partial charge in [-0.3, -0.25) is 0 Å². The molecule has 2 atom stereocenters. The number of hydrogen-bond acceptors (Lipinski definition) is 5. The minimum atomic E-state index is -0.480. The Kier molecular flexibility index (Phi) is 3.04. The van der Waals surface area contributed by atoms with E-state index in [0.717, 1.165) is 19.3 Å². The molecule has 0 aromatic carbocycles. The van der Waals surface area contributed by atoms with Crippen molar-refractivity contribution in [3.63, 3.8) is 0 Å². The summed E-state index contributed by atoms with van der Waals surface area (Å²) in [4.78, 5) is 10.2. The third-order valence-corrected chi connectivity index (χ3v) is 2.90. The molecule has 0 bridgehead atoms. The zero-order valence-corrected chi connectivity index (χ0v) is 8.97. The van der Waals surface area contributed by atoms with Crippen molar-refractivity contribution in [2.45, 2.75) is 31.4 Å². The summed E-state index contributed by atoms with van der Waals surface area (Å²) in [5.74, 6) is -0.0956. The van der Waals surface area contributed by atoms with Gasteiger partial charge in [0.25, 0.3) is 0 Å². The van der Waals surface area contributed by atoms with E-state index in [1.54, 1.807) is 7.11 Å². The van der Waals surface area contributed by atoms with Crippen LogP contribution in [0, 0.1) is 10.1 Å². The van der Waals surface area contributed by atoms with E-state index in [1.165, 1.54) is 6.20 Å². The summed E-state index contributed by atoms with van der Waals surface area (Å²) in [7, 11) is 1.66. The van der Waals surface area contributed by atoms with Gasteiger partial charge in [0.15, 0.2) is 5.69 Å². The monoisotopic (exact) mass is 226 g/mol. The smallest absolute Gasteiger partial charge is 0.366 e. The summed E-state index contributed by atoms with van der Waals surface area (Å²) in [5.41, 5.74) is 0.430. The molecular formula is C9H14N4O3. The topological polar surface area (TPSA) is 93.1 Å². The first-order valence-corrected chi connectivity index (χ1v) is 5.19. The van der Waals surface area contributed by atoms with Crippen molar-refractivity contribution in [1.82, 2.24) is 10.2 Å².